The van der Waals surface area contributed by atoms with Gasteiger partial charge in [0.15, 0.2) is 0 Å². The van der Waals surface area contributed by atoms with Gasteiger partial charge in [0.1, 0.15) is 0 Å². The van der Waals surface area contributed by atoms with Crippen molar-refractivity contribution in [3.8, 4) is 0 Å². The maximum Gasteiger partial charge on any atom is -1.00 e. The van der Waals surface area contributed by atoms with Gasteiger partial charge in [-0.1, -0.05) is 0 Å². The smallest absolute Gasteiger partial charge is 1.00 e. The van der Waals surface area contributed by atoms with Crippen molar-refractivity contribution in [1.29, 1.82) is 0 Å². The van der Waals surface area contributed by atoms with Crippen LogP contribution in [0.3, 0.4) is 0 Å². The predicted octanol–water partition coefficient (Wildman–Crippen LogP) is -3.35. The van der Waals surface area contributed by atoms with Crippen LogP contribution >= 0.6 is 0 Å². The van der Waals surface area contributed by atoms with Crippen molar-refractivity contribution in [1.82, 2.24) is 4.98 Å². The van der Waals surface area contributed by atoms with Crippen LogP contribution in [0.4, 0.5) is 0 Å². The summed E-state index contributed by atoms with van der Waals surface area (Å²) in [5.74, 6) is 0. The van der Waals surface area contributed by atoms with Crippen molar-refractivity contribution < 1.29 is 49.2 Å². The molecular formula is C12H14Cl2HfN. The second-order valence-electron chi connectivity index (χ2n) is 4.74. The van der Waals surface area contributed by atoms with E-state index in [1.165, 1.54) is 19.9 Å². The Kier molecular flexibility index (Phi) is 5.78. The molecule has 0 spiro atoms. The fraction of sp³-hybridized carbons (Fsp3) is 0.333. The van der Waals surface area contributed by atoms with Gasteiger partial charge in [-0.3, -0.25) is 0 Å². The Labute approximate surface area is 124 Å². The molecule has 2 aromatic rings. The molecule has 0 aliphatic heterocycles. The molecule has 16 heavy (non-hydrogen) atoms. The second-order valence-corrected chi connectivity index (χ2v) is 6.67. The number of aromatic amines is 1. The molecule has 0 aliphatic carbocycles. The van der Waals surface area contributed by atoms with Gasteiger partial charge in [0.2, 0.25) is 0 Å². The molecule has 1 N–H and O–H groups in total. The van der Waals surface area contributed by atoms with Crippen LogP contribution in [0.1, 0.15) is 26.3 Å². The molecule has 0 saturated heterocycles. The maximum absolute atomic E-state index is 3.40. The van der Waals surface area contributed by atoms with E-state index < -0.39 is 0 Å². The van der Waals surface area contributed by atoms with E-state index in [2.05, 4.69) is 50.0 Å². The van der Waals surface area contributed by atoms with Gasteiger partial charge in [-0.25, -0.2) is 0 Å². The Morgan fingerprint density at radius 3 is 2.25 bits per heavy atom. The van der Waals surface area contributed by atoms with Crippen molar-refractivity contribution in [2.75, 3.05) is 0 Å². The number of halogens is 2. The van der Waals surface area contributed by atoms with Gasteiger partial charge in [-0.2, -0.15) is 0 Å². The second kappa shape index (κ2) is 5.70. The van der Waals surface area contributed by atoms with E-state index in [1.54, 1.807) is 0 Å². The van der Waals surface area contributed by atoms with E-state index in [1.807, 2.05) is 0 Å². The fourth-order valence-corrected chi connectivity index (χ4v) is 2.64. The van der Waals surface area contributed by atoms with Crippen LogP contribution < -0.4 is 28.3 Å². The minimum absolute atomic E-state index is 0. The largest absolute Gasteiger partial charge is 1.00 e. The zero-order valence-electron chi connectivity index (χ0n) is 9.57. The van der Waals surface area contributed by atoms with Gasteiger partial charge < -0.3 is 24.8 Å². The summed E-state index contributed by atoms with van der Waals surface area (Å²) in [7, 11) is 0. The number of H-pyrrole nitrogens is 1. The minimum atomic E-state index is 0. The number of fused-ring (bicyclic) bond motifs is 1. The van der Waals surface area contributed by atoms with Gasteiger partial charge in [0.05, 0.1) is 0 Å². The van der Waals surface area contributed by atoms with Crippen molar-refractivity contribution >= 4 is 14.4 Å². The van der Waals surface area contributed by atoms with Gasteiger partial charge in [-0.05, 0) is 0 Å². The van der Waals surface area contributed by atoms with Crippen LogP contribution in [0.5, 0.6) is 0 Å². The third-order valence-corrected chi connectivity index (χ3v) is 3.45. The van der Waals surface area contributed by atoms with Crippen molar-refractivity contribution in [2.24, 2.45) is 0 Å². The van der Waals surface area contributed by atoms with Crippen LogP contribution in [0, 0.1) is 0 Å². The summed E-state index contributed by atoms with van der Waals surface area (Å²) in [6.07, 6.45) is 0. The maximum atomic E-state index is 3.40. The van der Waals surface area contributed by atoms with E-state index in [0.717, 1.165) is 24.4 Å². The molecule has 1 nitrogen and oxygen atoms in total. The molecule has 0 amide bonds. The number of hydrogen-bond acceptors (Lipinski definition) is 0. The number of benzene rings is 1. The zero-order chi connectivity index (χ0) is 10.3. The van der Waals surface area contributed by atoms with Crippen LogP contribution in [-0.2, 0) is 29.8 Å². The molecule has 0 fully saturated rings. The van der Waals surface area contributed by atoms with E-state index in [4.69, 9.17) is 0 Å². The molecule has 1 aromatic heterocycles. The number of rotatable bonds is 0. The standard InChI is InChI=1S/C12H14N.2ClH.Hf/c1-12(2,3)10-4-5-11-9(8-10)6-7-13-11;;;/h4-6,8,13H,1-3H3;2*1H;/q;;;+2/p-2. The molecule has 1 aromatic carbocycles. The molecular weight excluding hydrogens is 408 g/mol. The Morgan fingerprint density at radius 1 is 1.06 bits per heavy atom. The molecule has 1 heterocycles. The molecule has 0 bridgehead atoms. The van der Waals surface area contributed by atoms with E-state index in [9.17, 15) is 0 Å². The van der Waals surface area contributed by atoms with Crippen LogP contribution in [0.25, 0.3) is 10.9 Å². The van der Waals surface area contributed by atoms with Crippen LogP contribution in [-0.4, -0.2) is 4.98 Å². The molecule has 0 atom stereocenters. The molecule has 0 unspecified atom stereocenters. The van der Waals surface area contributed by atoms with Crippen molar-refractivity contribution in [3.63, 3.8) is 0 Å². The monoisotopic (exact) mass is 422 g/mol. The number of aromatic nitrogens is 1. The van der Waals surface area contributed by atoms with Gasteiger partial charge >= 0.3 is 99.7 Å². The normalized spacial score (nSPS) is 10.8. The third-order valence-electron chi connectivity index (χ3n) is 2.49. The molecule has 85 valence electrons. The Bertz CT molecular complexity index is 471. The molecule has 0 radical (unpaired) electrons. The number of hydrogen-bond donors (Lipinski definition) is 1. The summed E-state index contributed by atoms with van der Waals surface area (Å²) in [6, 6.07) is 8.97. The first-order valence-electron chi connectivity index (χ1n) is 4.82. The number of nitrogens with one attached hydrogen (secondary N) is 1. The molecule has 0 saturated carbocycles. The van der Waals surface area contributed by atoms with Crippen molar-refractivity contribution in [2.45, 2.75) is 26.2 Å². The Hall–Kier alpha value is 0.210. The first-order chi connectivity index (χ1) is 6.47. The molecule has 2 rings (SSSR count). The van der Waals surface area contributed by atoms with E-state index in [-0.39, 0.29) is 30.2 Å². The average molecular weight is 422 g/mol. The summed E-state index contributed by atoms with van der Waals surface area (Å²) in [4.78, 5) is 3.40. The first-order valence-corrected chi connectivity index (χ1v) is 6.61. The topological polar surface area (TPSA) is 15.8 Å². The predicted molar refractivity (Wildman–Crippen MR) is 56.6 cm³/mol. The van der Waals surface area contributed by atoms with E-state index >= 15 is 0 Å². The van der Waals surface area contributed by atoms with Gasteiger partial charge in [0, 0.05) is 0 Å². The van der Waals surface area contributed by atoms with Crippen LogP contribution in [0.2, 0.25) is 0 Å². The summed E-state index contributed by atoms with van der Waals surface area (Å²) >= 11 is 1.09. The van der Waals surface area contributed by atoms with Gasteiger partial charge in [-0.15, -0.1) is 0 Å². The Morgan fingerprint density at radius 2 is 1.69 bits per heavy atom. The van der Waals surface area contributed by atoms with E-state index in [0.29, 0.717) is 0 Å². The summed E-state index contributed by atoms with van der Waals surface area (Å²) in [5.41, 5.74) is 2.92. The quantitative estimate of drug-likeness (QED) is 0.428. The minimum Gasteiger partial charge on any atom is -1.00 e. The first kappa shape index (κ1) is 16.2. The summed E-state index contributed by atoms with van der Waals surface area (Å²) < 4.78 is 1.37. The summed E-state index contributed by atoms with van der Waals surface area (Å²) in [5, 5.41) is 1.35. The average Bonchev–Trinajstić information content (AvgIpc) is 2.41. The zero-order valence-corrected chi connectivity index (χ0v) is 14.7. The van der Waals surface area contributed by atoms with Crippen LogP contribution in [0.15, 0.2) is 24.3 Å². The third kappa shape index (κ3) is 3.35. The van der Waals surface area contributed by atoms with Gasteiger partial charge in [0.25, 0.3) is 0 Å². The fourth-order valence-electron chi connectivity index (χ4n) is 1.60. The molecule has 0 aliphatic rings. The summed E-state index contributed by atoms with van der Waals surface area (Å²) in [6.45, 7) is 6.76. The van der Waals surface area contributed by atoms with Crippen molar-refractivity contribution in [3.05, 3.63) is 29.8 Å². The SMILES string of the molecule is CC(C)(C)c1ccc2[nH][c]([Hf+2])cc2c1.[Cl-].[Cl-]. The molecule has 4 heteroatoms. The Balaban J connectivity index is 0.00000112.